The summed E-state index contributed by atoms with van der Waals surface area (Å²) >= 11 is 0. The van der Waals surface area contributed by atoms with E-state index in [1.54, 1.807) is 0 Å². The second-order valence-electron chi connectivity index (χ2n) is 0.801. The summed E-state index contributed by atoms with van der Waals surface area (Å²) in [5.41, 5.74) is 6.45. The van der Waals surface area contributed by atoms with Crippen LogP contribution in [0, 0.1) is 0 Å². The Morgan fingerprint density at radius 1 is 1.83 bits per heavy atom. The van der Waals surface area contributed by atoms with Crippen molar-refractivity contribution in [2.45, 2.75) is 6.92 Å². The molecular formula is C3H5MnNO-2. The molecule has 0 bridgehead atoms. The van der Waals surface area contributed by atoms with Crippen molar-refractivity contribution in [1.29, 1.82) is 0 Å². The molecule has 6 heavy (non-hydrogen) atoms. The van der Waals surface area contributed by atoms with Gasteiger partial charge in [0.05, 0.1) is 0 Å². The molecule has 2 nitrogen and oxygen atoms in total. The van der Waals surface area contributed by atoms with E-state index in [1.807, 2.05) is 0 Å². The van der Waals surface area contributed by atoms with Crippen molar-refractivity contribution in [1.82, 2.24) is 0 Å². The van der Waals surface area contributed by atoms with E-state index in [4.69, 9.17) is 5.73 Å². The second-order valence-corrected chi connectivity index (χ2v) is 0.801. The molecular weight excluding hydrogens is 121 g/mol. The Balaban J connectivity index is 0. The van der Waals surface area contributed by atoms with E-state index in [2.05, 4.69) is 0 Å². The first kappa shape index (κ1) is 9.29. The first-order chi connectivity index (χ1) is 2.27. The topological polar surface area (TPSA) is 46.9 Å². The molecule has 0 aliphatic carbocycles. The Labute approximate surface area is 47.5 Å². The number of hydrogen-bond acceptors (Lipinski definition) is 1. The standard InChI is InChI=1S/C3H6NO.Mn/c1-3(4)2-5;/h2,4-5H,1H3;/q-1;/p-1/b3-2-;. The molecule has 0 saturated carbocycles. The van der Waals surface area contributed by atoms with E-state index in [1.165, 1.54) is 6.92 Å². The van der Waals surface area contributed by atoms with Crippen LogP contribution in [-0.4, -0.2) is 0 Å². The minimum Gasteiger partial charge on any atom is -0.879 e. The predicted octanol–water partition coefficient (Wildman–Crippen LogP) is 0.258. The van der Waals surface area contributed by atoms with Crippen LogP contribution in [0.15, 0.2) is 12.0 Å². The van der Waals surface area contributed by atoms with Gasteiger partial charge >= 0.3 is 0 Å². The summed E-state index contributed by atoms with van der Waals surface area (Å²) < 4.78 is 0. The van der Waals surface area contributed by atoms with Gasteiger partial charge in [-0.15, -0.1) is 0 Å². The predicted molar refractivity (Wildman–Crippen MR) is 18.1 cm³/mol. The van der Waals surface area contributed by atoms with E-state index in [9.17, 15) is 5.11 Å². The smallest absolute Gasteiger partial charge is 0 e. The normalized spacial score (nSPS) is 9.83. The van der Waals surface area contributed by atoms with E-state index in [0.29, 0.717) is 6.26 Å². The molecule has 0 aliphatic heterocycles. The Morgan fingerprint density at radius 2 is 2.00 bits per heavy atom. The fourth-order valence-corrected chi connectivity index (χ4v) is 0. The van der Waals surface area contributed by atoms with Gasteiger partial charge in [0.15, 0.2) is 0 Å². The molecule has 3 heteroatoms. The molecule has 0 rings (SSSR count). The molecule has 0 fully saturated rings. The Morgan fingerprint density at radius 3 is 2.00 bits per heavy atom. The third-order valence-electron chi connectivity index (χ3n) is 0.177. The maximum atomic E-state index is 9.28. The Hall–Kier alpha value is -0.141. The van der Waals surface area contributed by atoms with Crippen LogP contribution < -0.4 is 5.11 Å². The minimum atomic E-state index is 0. The van der Waals surface area contributed by atoms with Gasteiger partial charge < -0.3 is 10.8 Å². The van der Waals surface area contributed by atoms with Crippen molar-refractivity contribution in [3.63, 3.8) is 0 Å². The van der Waals surface area contributed by atoms with Crippen LogP contribution in [0.4, 0.5) is 0 Å². The van der Waals surface area contributed by atoms with E-state index in [0.717, 1.165) is 0 Å². The van der Waals surface area contributed by atoms with Crippen LogP contribution in [0.3, 0.4) is 0 Å². The largest absolute Gasteiger partial charge is 0.879 e. The summed E-state index contributed by atoms with van der Waals surface area (Å²) in [5, 5.41) is 9.28. The molecule has 0 unspecified atom stereocenters. The van der Waals surface area contributed by atoms with Crippen molar-refractivity contribution >= 4 is 0 Å². The van der Waals surface area contributed by atoms with Crippen molar-refractivity contribution in [3.05, 3.63) is 17.7 Å². The van der Waals surface area contributed by atoms with Gasteiger partial charge in [0.25, 0.3) is 0 Å². The summed E-state index contributed by atoms with van der Waals surface area (Å²) in [6.07, 6.45) is 0.500. The molecule has 0 aromatic rings. The van der Waals surface area contributed by atoms with Gasteiger partial charge in [-0.3, -0.25) is 0 Å². The Kier molecular flexibility index (Phi) is 7.52. The molecule has 0 saturated heterocycles. The zero-order valence-corrected chi connectivity index (χ0v) is 4.54. The van der Waals surface area contributed by atoms with E-state index < -0.39 is 0 Å². The molecule has 1 radical (unpaired) electrons. The fourth-order valence-electron chi connectivity index (χ4n) is 0. The van der Waals surface area contributed by atoms with Gasteiger partial charge in [-0.05, 0) is 0 Å². The second kappa shape index (κ2) is 4.86. The number of allylic oxidation sites excluding steroid dienone is 1. The van der Waals surface area contributed by atoms with Gasteiger partial charge in [0.2, 0.25) is 0 Å². The summed E-state index contributed by atoms with van der Waals surface area (Å²) in [7, 11) is 0. The van der Waals surface area contributed by atoms with Crippen LogP contribution in [0.5, 0.6) is 0 Å². The fraction of sp³-hybridized carbons (Fsp3) is 0.333. The van der Waals surface area contributed by atoms with Gasteiger partial charge in [-0.1, -0.05) is 6.92 Å². The van der Waals surface area contributed by atoms with Crippen molar-refractivity contribution in [2.75, 3.05) is 0 Å². The molecule has 0 amide bonds. The van der Waals surface area contributed by atoms with Gasteiger partial charge in [-0.2, -0.15) is 12.0 Å². The van der Waals surface area contributed by atoms with Crippen LogP contribution in [0.2, 0.25) is 0 Å². The Bertz CT molecular complexity index is 48.8. The van der Waals surface area contributed by atoms with Crippen molar-refractivity contribution < 1.29 is 22.2 Å². The molecule has 0 heterocycles. The summed E-state index contributed by atoms with van der Waals surface area (Å²) in [6.45, 7) is 1.44. The van der Waals surface area contributed by atoms with Crippen LogP contribution in [0.1, 0.15) is 6.92 Å². The zero-order chi connectivity index (χ0) is 4.28. The number of rotatable bonds is 0. The molecule has 1 N–H and O–H groups in total. The van der Waals surface area contributed by atoms with Crippen LogP contribution >= 0.6 is 0 Å². The summed E-state index contributed by atoms with van der Waals surface area (Å²) in [5.74, 6) is 0. The third-order valence-corrected chi connectivity index (χ3v) is 0.177. The molecule has 0 atom stereocenters. The quantitative estimate of drug-likeness (QED) is 0.339. The van der Waals surface area contributed by atoms with Gasteiger partial charge in [0.1, 0.15) is 0 Å². The van der Waals surface area contributed by atoms with E-state index >= 15 is 0 Å². The molecule has 0 aromatic carbocycles. The number of hydrogen-bond donors (Lipinski definition) is 0. The molecule has 0 aromatic heterocycles. The third kappa shape index (κ3) is 9.13. The zero-order valence-electron chi connectivity index (χ0n) is 3.36. The number of nitrogens with one attached hydrogen (secondary N) is 1. The maximum absolute atomic E-state index is 9.28. The maximum Gasteiger partial charge on any atom is 0 e. The molecule has 0 spiro atoms. The van der Waals surface area contributed by atoms with Gasteiger partial charge in [0, 0.05) is 17.1 Å². The van der Waals surface area contributed by atoms with E-state index in [-0.39, 0.29) is 22.8 Å². The van der Waals surface area contributed by atoms with Gasteiger partial charge in [-0.25, -0.2) is 0 Å². The summed E-state index contributed by atoms with van der Waals surface area (Å²) in [6, 6.07) is 0. The SMILES string of the molecule is C/C([NH-])=C/[O-].[Mn]. The molecule has 0 aliphatic rings. The summed E-state index contributed by atoms with van der Waals surface area (Å²) in [4.78, 5) is 0. The average Bonchev–Trinajstić information content (AvgIpc) is 1.38. The average molecular weight is 126 g/mol. The van der Waals surface area contributed by atoms with Crippen LogP contribution in [-0.2, 0) is 17.1 Å². The molecule has 37 valence electrons. The first-order valence-corrected chi connectivity index (χ1v) is 1.27. The van der Waals surface area contributed by atoms with Crippen molar-refractivity contribution in [3.8, 4) is 0 Å². The first-order valence-electron chi connectivity index (χ1n) is 1.27. The van der Waals surface area contributed by atoms with Crippen molar-refractivity contribution in [2.24, 2.45) is 0 Å². The van der Waals surface area contributed by atoms with Crippen LogP contribution in [0.25, 0.3) is 5.73 Å². The minimum absolute atomic E-state index is 0. The monoisotopic (exact) mass is 126 g/mol.